The Balaban J connectivity index is 1.60. The van der Waals surface area contributed by atoms with Crippen LogP contribution in [-0.4, -0.2) is 71.3 Å². The van der Waals surface area contributed by atoms with Gasteiger partial charge in [0, 0.05) is 14.1 Å². The number of benzene rings is 1. The van der Waals surface area contributed by atoms with Gasteiger partial charge in [-0.2, -0.15) is 0 Å². The van der Waals surface area contributed by atoms with E-state index in [1.807, 2.05) is 31.1 Å². The fourth-order valence-electron chi connectivity index (χ4n) is 3.41. The fourth-order valence-corrected chi connectivity index (χ4v) is 4.56. The highest BCUT2D eigenvalue weighted by Gasteiger charge is 2.49. The smallest absolute Gasteiger partial charge is 0.161 e. The Labute approximate surface area is 159 Å². The van der Waals surface area contributed by atoms with Crippen molar-refractivity contribution in [2.75, 3.05) is 21.2 Å². The summed E-state index contributed by atoms with van der Waals surface area (Å²) in [6.45, 7) is 2.07. The van der Waals surface area contributed by atoms with Gasteiger partial charge in [-0.05, 0) is 36.5 Å². The molecular formula is C19H28N2O4S. The van der Waals surface area contributed by atoms with Crippen LogP contribution in [0.15, 0.2) is 29.3 Å². The topological polar surface area (TPSA) is 74.5 Å². The predicted molar refractivity (Wildman–Crippen MR) is 104 cm³/mol. The summed E-state index contributed by atoms with van der Waals surface area (Å²) in [6.07, 6.45) is -0.465. The van der Waals surface area contributed by atoms with E-state index in [9.17, 15) is 10.2 Å². The van der Waals surface area contributed by atoms with Crippen molar-refractivity contribution in [3.8, 4) is 5.75 Å². The molecule has 0 aliphatic carbocycles. The molecule has 2 aliphatic heterocycles. The zero-order chi connectivity index (χ0) is 18.8. The molecule has 1 aromatic carbocycles. The molecule has 1 aromatic rings. The average Bonchev–Trinajstić information content (AvgIpc) is 3.08. The Bertz CT molecular complexity index is 637. The van der Waals surface area contributed by atoms with Crippen LogP contribution in [0.5, 0.6) is 5.75 Å². The number of nitrogens with zero attached hydrogens (tertiary/aromatic N) is 2. The molecule has 0 saturated carbocycles. The molecule has 0 spiro atoms. The van der Waals surface area contributed by atoms with Gasteiger partial charge in [-0.3, -0.25) is 4.99 Å². The summed E-state index contributed by atoms with van der Waals surface area (Å²) in [6, 6.07) is 7.61. The van der Waals surface area contributed by atoms with Crippen LogP contribution >= 0.6 is 11.8 Å². The fraction of sp³-hybridized carbons (Fsp3) is 0.632. The highest BCUT2D eigenvalue weighted by atomic mass is 32.2. The molecule has 144 valence electrons. The number of rotatable bonds is 5. The lowest BCUT2D eigenvalue weighted by Crippen LogP contribution is -2.56. The summed E-state index contributed by atoms with van der Waals surface area (Å²) in [4.78, 5) is 6.41. The molecule has 6 unspecified atom stereocenters. The summed E-state index contributed by atoms with van der Waals surface area (Å²) < 4.78 is 11.3. The van der Waals surface area contributed by atoms with Crippen LogP contribution in [0.3, 0.4) is 0 Å². The maximum atomic E-state index is 10.6. The summed E-state index contributed by atoms with van der Waals surface area (Å²) in [5, 5.41) is 21.9. The van der Waals surface area contributed by atoms with E-state index in [1.54, 1.807) is 7.11 Å². The van der Waals surface area contributed by atoms with Gasteiger partial charge < -0.3 is 24.6 Å². The van der Waals surface area contributed by atoms with Crippen molar-refractivity contribution < 1.29 is 19.7 Å². The van der Waals surface area contributed by atoms with Gasteiger partial charge in [0.15, 0.2) is 5.17 Å². The molecule has 0 radical (unpaired) electrons. The first-order valence-electron chi connectivity index (χ1n) is 8.97. The van der Waals surface area contributed by atoms with Crippen molar-refractivity contribution in [2.45, 2.75) is 49.6 Å². The molecule has 6 atom stereocenters. The van der Waals surface area contributed by atoms with E-state index in [2.05, 4.69) is 24.0 Å². The lowest BCUT2D eigenvalue weighted by atomic mass is 9.87. The van der Waals surface area contributed by atoms with E-state index in [4.69, 9.17) is 9.47 Å². The van der Waals surface area contributed by atoms with Crippen LogP contribution in [0.2, 0.25) is 0 Å². The monoisotopic (exact) mass is 380 g/mol. The van der Waals surface area contributed by atoms with Gasteiger partial charge in [-0.15, -0.1) is 0 Å². The van der Waals surface area contributed by atoms with Gasteiger partial charge >= 0.3 is 0 Å². The van der Waals surface area contributed by atoms with Gasteiger partial charge in [0.05, 0.1) is 13.2 Å². The number of aliphatic imine (C=N–C) groups is 1. The van der Waals surface area contributed by atoms with Crippen LogP contribution in [0.4, 0.5) is 0 Å². The van der Waals surface area contributed by atoms with Gasteiger partial charge in [0.2, 0.25) is 0 Å². The number of hydrogen-bond donors (Lipinski definition) is 2. The normalized spacial score (nSPS) is 31.9. The van der Waals surface area contributed by atoms with Crippen LogP contribution in [0.1, 0.15) is 18.9 Å². The standard InChI is InChI=1S/C19H28N2O4S/c1-11(5-6-12-7-9-13(24-4)10-8-12)17-16(23)15(22)14-18(25-17)26-19(20-14)21(2)3/h7-11,14-18,22-23H,5-6H2,1-4H3. The second kappa shape index (κ2) is 8.17. The zero-order valence-electron chi connectivity index (χ0n) is 15.7. The Morgan fingerprint density at radius 2 is 1.92 bits per heavy atom. The van der Waals surface area contributed by atoms with Crippen LogP contribution in [0.25, 0.3) is 0 Å². The molecule has 3 rings (SSSR count). The van der Waals surface area contributed by atoms with Crippen LogP contribution < -0.4 is 4.74 Å². The lowest BCUT2D eigenvalue weighted by molar-refractivity contribution is -0.169. The number of fused-ring (bicyclic) bond motifs is 1. The molecule has 7 heteroatoms. The Hall–Kier alpha value is -1.28. The molecule has 1 fully saturated rings. The average molecular weight is 381 g/mol. The lowest BCUT2D eigenvalue weighted by Gasteiger charge is -2.41. The molecule has 2 heterocycles. The van der Waals surface area contributed by atoms with Crippen molar-refractivity contribution in [3.63, 3.8) is 0 Å². The third-order valence-corrected chi connectivity index (χ3v) is 6.38. The van der Waals surface area contributed by atoms with Crippen LogP contribution in [-0.2, 0) is 11.2 Å². The molecular weight excluding hydrogens is 352 g/mol. The summed E-state index contributed by atoms with van der Waals surface area (Å²) >= 11 is 1.52. The van der Waals surface area contributed by atoms with Gasteiger partial charge in [-0.25, -0.2) is 0 Å². The second-order valence-corrected chi connectivity index (χ2v) is 8.29. The molecule has 1 saturated heterocycles. The first-order valence-corrected chi connectivity index (χ1v) is 9.85. The maximum absolute atomic E-state index is 10.6. The van der Waals surface area contributed by atoms with Crippen molar-refractivity contribution in [2.24, 2.45) is 10.9 Å². The van der Waals surface area contributed by atoms with Crippen LogP contribution in [0, 0.1) is 5.92 Å². The molecule has 26 heavy (non-hydrogen) atoms. The van der Waals surface area contributed by atoms with E-state index >= 15 is 0 Å². The molecule has 0 aromatic heterocycles. The summed E-state index contributed by atoms with van der Waals surface area (Å²) in [5.41, 5.74) is 0.981. The van der Waals surface area contributed by atoms with E-state index in [0.717, 1.165) is 23.8 Å². The number of aliphatic hydroxyl groups is 2. The van der Waals surface area contributed by atoms with Gasteiger partial charge in [-0.1, -0.05) is 30.8 Å². The Morgan fingerprint density at radius 3 is 2.54 bits per heavy atom. The maximum Gasteiger partial charge on any atom is 0.161 e. The minimum atomic E-state index is -0.923. The molecule has 6 nitrogen and oxygen atoms in total. The van der Waals surface area contributed by atoms with E-state index in [1.165, 1.54) is 17.3 Å². The number of methoxy groups -OCH3 is 1. The number of ether oxygens (including phenoxy) is 2. The summed E-state index contributed by atoms with van der Waals surface area (Å²) in [5.74, 6) is 0.962. The van der Waals surface area contributed by atoms with E-state index in [-0.39, 0.29) is 11.4 Å². The van der Waals surface area contributed by atoms with Gasteiger partial charge in [0.1, 0.15) is 29.4 Å². The van der Waals surface area contributed by atoms with E-state index in [0.29, 0.717) is 0 Å². The highest BCUT2D eigenvalue weighted by molar-refractivity contribution is 8.14. The number of aryl methyl sites for hydroxylation is 1. The number of thioether (sulfide) groups is 1. The van der Waals surface area contributed by atoms with Crippen molar-refractivity contribution >= 4 is 16.9 Å². The molecule has 2 N–H and O–H groups in total. The molecule has 0 amide bonds. The first-order chi connectivity index (χ1) is 12.4. The molecule has 2 aliphatic rings. The first kappa shape index (κ1) is 19.5. The SMILES string of the molecule is COc1ccc(CCC(C)C2OC3SC(N(C)C)=NC3C(O)C2O)cc1. The quantitative estimate of drug-likeness (QED) is 0.811. The Kier molecular flexibility index (Phi) is 6.12. The summed E-state index contributed by atoms with van der Waals surface area (Å²) in [7, 11) is 5.49. The van der Waals surface area contributed by atoms with Gasteiger partial charge in [0.25, 0.3) is 0 Å². The third kappa shape index (κ3) is 4.01. The predicted octanol–water partition coefficient (Wildman–Crippen LogP) is 1.74. The minimum Gasteiger partial charge on any atom is -0.497 e. The second-order valence-electron chi connectivity index (χ2n) is 7.23. The largest absolute Gasteiger partial charge is 0.497 e. The number of aliphatic hydroxyl groups excluding tert-OH is 2. The van der Waals surface area contributed by atoms with Crippen molar-refractivity contribution in [1.29, 1.82) is 0 Å². The third-order valence-electron chi connectivity index (χ3n) is 5.08. The number of hydrogen-bond acceptors (Lipinski definition) is 7. The van der Waals surface area contributed by atoms with Crippen molar-refractivity contribution in [1.82, 2.24) is 4.90 Å². The minimum absolute atomic E-state index is 0.117. The zero-order valence-corrected chi connectivity index (χ0v) is 16.5. The highest BCUT2D eigenvalue weighted by Crippen LogP contribution is 2.39. The van der Waals surface area contributed by atoms with Crippen molar-refractivity contribution in [3.05, 3.63) is 29.8 Å². The number of amidine groups is 1. The van der Waals surface area contributed by atoms with E-state index < -0.39 is 24.4 Å². The molecule has 0 bridgehead atoms. The Morgan fingerprint density at radius 1 is 1.23 bits per heavy atom.